The molecule has 156 valence electrons. The van der Waals surface area contributed by atoms with Crippen LogP contribution in [0.3, 0.4) is 0 Å². The summed E-state index contributed by atoms with van der Waals surface area (Å²) in [4.78, 5) is 39.5. The summed E-state index contributed by atoms with van der Waals surface area (Å²) in [6.45, 7) is 13.3. The summed E-state index contributed by atoms with van der Waals surface area (Å²) >= 11 is 0. The van der Waals surface area contributed by atoms with Crippen LogP contribution in [0.2, 0.25) is 0 Å². The van der Waals surface area contributed by atoms with Crippen LogP contribution in [0, 0.1) is 0 Å². The van der Waals surface area contributed by atoms with Gasteiger partial charge in [-0.1, -0.05) is 34.1 Å². The van der Waals surface area contributed by atoms with Crippen LogP contribution in [0.1, 0.15) is 47.5 Å². The molecule has 7 heteroatoms. The van der Waals surface area contributed by atoms with Crippen molar-refractivity contribution in [1.82, 2.24) is 19.6 Å². The van der Waals surface area contributed by atoms with E-state index in [1.807, 2.05) is 46.7 Å². The van der Waals surface area contributed by atoms with Crippen LogP contribution < -0.4 is 0 Å². The van der Waals surface area contributed by atoms with E-state index in [0.717, 1.165) is 32.5 Å². The minimum absolute atomic E-state index is 0.0111. The predicted octanol–water partition coefficient (Wildman–Crippen LogP) is 1.78. The Morgan fingerprint density at radius 2 is 1.31 bits per heavy atom. The Morgan fingerprint density at radius 3 is 1.69 bits per heavy atom. The van der Waals surface area contributed by atoms with E-state index in [1.165, 1.54) is 4.90 Å². The zero-order valence-electron chi connectivity index (χ0n) is 18.5. The molecule has 0 aliphatic carbocycles. The second kappa shape index (κ2) is 19.7. The van der Waals surface area contributed by atoms with Crippen LogP contribution in [-0.4, -0.2) is 98.7 Å². The van der Waals surface area contributed by atoms with Crippen molar-refractivity contribution in [2.45, 2.75) is 47.5 Å². The van der Waals surface area contributed by atoms with Gasteiger partial charge in [0.25, 0.3) is 0 Å². The maximum Gasteiger partial charge on any atom is 0.241 e. The molecule has 0 aliphatic rings. The van der Waals surface area contributed by atoms with Crippen LogP contribution >= 0.6 is 0 Å². The van der Waals surface area contributed by atoms with Crippen LogP contribution in [0.5, 0.6) is 0 Å². The van der Waals surface area contributed by atoms with E-state index in [4.69, 9.17) is 0 Å². The number of carbonyl (C=O) groups excluding carboxylic acids is 3. The lowest BCUT2D eigenvalue weighted by molar-refractivity contribution is -0.134. The standard InChI is InChI=1S/C9H18N2O2.C8H18N2O.C2H6/c1-4-5-6-11(3)9(13)7-10(2)8-12;1-5-9(3)7-8(11)10(4)6-2;1-2/h8H,4-7H2,1-3H3;5-7H2,1-4H3;1-2H3. The third-order valence-corrected chi connectivity index (χ3v) is 3.68. The maximum absolute atomic E-state index is 11.3. The predicted molar refractivity (Wildman–Crippen MR) is 109 cm³/mol. The summed E-state index contributed by atoms with van der Waals surface area (Å²) in [6, 6.07) is 0. The summed E-state index contributed by atoms with van der Waals surface area (Å²) < 4.78 is 0. The Hall–Kier alpha value is -1.63. The smallest absolute Gasteiger partial charge is 0.241 e. The number of hydrogen-bond acceptors (Lipinski definition) is 4. The van der Waals surface area contributed by atoms with Crippen molar-refractivity contribution in [1.29, 1.82) is 0 Å². The van der Waals surface area contributed by atoms with Gasteiger partial charge in [0.15, 0.2) is 0 Å². The summed E-state index contributed by atoms with van der Waals surface area (Å²) in [7, 11) is 7.13. The molecule has 0 N–H and O–H groups in total. The molecule has 26 heavy (non-hydrogen) atoms. The first-order chi connectivity index (χ1) is 12.2. The van der Waals surface area contributed by atoms with Crippen molar-refractivity contribution in [2.75, 3.05) is 60.9 Å². The van der Waals surface area contributed by atoms with Crippen LogP contribution in [-0.2, 0) is 14.4 Å². The molecule has 0 rings (SSSR count). The first-order valence-electron chi connectivity index (χ1n) is 9.55. The molecule has 7 nitrogen and oxygen atoms in total. The molecule has 0 heterocycles. The lowest BCUT2D eigenvalue weighted by atomic mass is 10.3. The Labute approximate surface area is 161 Å². The highest BCUT2D eigenvalue weighted by Crippen LogP contribution is 1.93. The van der Waals surface area contributed by atoms with Crippen molar-refractivity contribution >= 4 is 18.2 Å². The molecule has 0 saturated carbocycles. The van der Waals surface area contributed by atoms with Gasteiger partial charge in [-0.3, -0.25) is 19.3 Å². The van der Waals surface area contributed by atoms with Crippen molar-refractivity contribution in [3.05, 3.63) is 0 Å². The van der Waals surface area contributed by atoms with E-state index in [1.54, 1.807) is 23.9 Å². The lowest BCUT2D eigenvalue weighted by Gasteiger charge is -2.19. The van der Waals surface area contributed by atoms with Crippen LogP contribution in [0.25, 0.3) is 0 Å². The summed E-state index contributed by atoms with van der Waals surface area (Å²) in [6.07, 6.45) is 2.74. The Bertz CT molecular complexity index is 365. The van der Waals surface area contributed by atoms with E-state index in [2.05, 4.69) is 6.92 Å². The largest absolute Gasteiger partial charge is 0.345 e. The molecule has 0 aromatic heterocycles. The fourth-order valence-electron chi connectivity index (χ4n) is 1.53. The molecule has 0 aromatic rings. The topological polar surface area (TPSA) is 64.2 Å². The minimum Gasteiger partial charge on any atom is -0.345 e. The molecular weight excluding hydrogens is 332 g/mol. The molecular formula is C19H42N4O3. The fraction of sp³-hybridized carbons (Fsp3) is 0.842. The van der Waals surface area contributed by atoms with Gasteiger partial charge in [0.05, 0.1) is 13.1 Å². The van der Waals surface area contributed by atoms with E-state index < -0.39 is 0 Å². The summed E-state index contributed by atoms with van der Waals surface area (Å²) in [5, 5.41) is 0. The van der Waals surface area contributed by atoms with Gasteiger partial charge >= 0.3 is 0 Å². The number of amides is 3. The van der Waals surface area contributed by atoms with Gasteiger partial charge in [-0.2, -0.15) is 0 Å². The molecule has 0 aromatic carbocycles. The molecule has 0 fully saturated rings. The third-order valence-electron chi connectivity index (χ3n) is 3.68. The number of carbonyl (C=O) groups is 3. The molecule has 0 unspecified atom stereocenters. The number of hydrogen-bond donors (Lipinski definition) is 0. The highest BCUT2D eigenvalue weighted by atomic mass is 16.2. The average molecular weight is 375 g/mol. The van der Waals surface area contributed by atoms with Gasteiger partial charge < -0.3 is 14.7 Å². The SMILES string of the molecule is CC.CCCCN(C)C(=O)CN(C)C=O.CCN(C)CC(=O)N(C)CC. The van der Waals surface area contributed by atoms with Crippen molar-refractivity contribution in [3.63, 3.8) is 0 Å². The average Bonchev–Trinajstić information content (AvgIpc) is 2.66. The van der Waals surface area contributed by atoms with Gasteiger partial charge in [0, 0.05) is 34.2 Å². The Kier molecular flexibility index (Phi) is 22.1. The van der Waals surface area contributed by atoms with Gasteiger partial charge in [-0.05, 0) is 26.9 Å². The molecule has 0 spiro atoms. The zero-order valence-corrected chi connectivity index (χ0v) is 18.5. The quantitative estimate of drug-likeness (QED) is 0.547. The number of rotatable bonds is 10. The molecule has 0 radical (unpaired) electrons. The van der Waals surface area contributed by atoms with E-state index in [9.17, 15) is 14.4 Å². The minimum atomic E-state index is -0.0111. The molecule has 0 saturated heterocycles. The van der Waals surface area contributed by atoms with Crippen LogP contribution in [0.4, 0.5) is 0 Å². The highest BCUT2D eigenvalue weighted by Gasteiger charge is 2.09. The number of likely N-dealkylation sites (N-methyl/N-ethyl adjacent to an activating group) is 4. The van der Waals surface area contributed by atoms with Crippen molar-refractivity contribution < 1.29 is 14.4 Å². The maximum atomic E-state index is 11.3. The van der Waals surface area contributed by atoms with Crippen molar-refractivity contribution in [3.8, 4) is 0 Å². The first kappa shape index (κ1) is 29.1. The van der Waals surface area contributed by atoms with E-state index in [-0.39, 0.29) is 18.4 Å². The third kappa shape index (κ3) is 17.2. The highest BCUT2D eigenvalue weighted by molar-refractivity contribution is 5.79. The van der Waals surface area contributed by atoms with E-state index >= 15 is 0 Å². The monoisotopic (exact) mass is 374 g/mol. The van der Waals surface area contributed by atoms with Gasteiger partial charge in [-0.15, -0.1) is 0 Å². The van der Waals surface area contributed by atoms with Gasteiger partial charge in [0.1, 0.15) is 0 Å². The molecule has 0 bridgehead atoms. The zero-order chi connectivity index (χ0) is 21.1. The fourth-order valence-corrected chi connectivity index (χ4v) is 1.53. The lowest BCUT2D eigenvalue weighted by Crippen LogP contribution is -2.36. The molecule has 0 atom stereocenters. The van der Waals surface area contributed by atoms with E-state index in [0.29, 0.717) is 13.0 Å². The molecule has 3 amide bonds. The summed E-state index contributed by atoms with van der Waals surface area (Å²) in [5.74, 6) is 0.180. The number of nitrogens with zero attached hydrogens (tertiary/aromatic N) is 4. The van der Waals surface area contributed by atoms with Crippen LogP contribution in [0.15, 0.2) is 0 Å². The van der Waals surface area contributed by atoms with Gasteiger partial charge in [-0.25, -0.2) is 0 Å². The van der Waals surface area contributed by atoms with Gasteiger partial charge in [0.2, 0.25) is 18.2 Å². The second-order valence-corrected chi connectivity index (χ2v) is 5.93. The normalized spacial score (nSPS) is 9.31. The summed E-state index contributed by atoms with van der Waals surface area (Å²) in [5.41, 5.74) is 0. The first-order valence-corrected chi connectivity index (χ1v) is 9.55. The molecule has 0 aliphatic heterocycles. The van der Waals surface area contributed by atoms with Crippen molar-refractivity contribution in [2.24, 2.45) is 0 Å². The Morgan fingerprint density at radius 1 is 0.808 bits per heavy atom. The Balaban J connectivity index is -0.000000375. The second-order valence-electron chi connectivity index (χ2n) is 5.93. The number of unbranched alkanes of at least 4 members (excludes halogenated alkanes) is 1.